The minimum atomic E-state index is -0.721. The van der Waals surface area contributed by atoms with Gasteiger partial charge in [-0.05, 0) is 13.8 Å². The molecule has 1 aliphatic heterocycles. The van der Waals surface area contributed by atoms with Crippen LogP contribution in [0.25, 0.3) is 0 Å². The van der Waals surface area contributed by atoms with Crippen molar-refractivity contribution in [2.45, 2.75) is 45.0 Å². The molecule has 1 saturated heterocycles. The first kappa shape index (κ1) is 9.81. The maximum absolute atomic E-state index is 10.4. The molecule has 0 N–H and O–H groups in total. The third-order valence-electron chi connectivity index (χ3n) is 1.91. The van der Waals surface area contributed by atoms with Crippen LogP contribution in [0.4, 0.5) is 4.79 Å². The van der Waals surface area contributed by atoms with Crippen LogP contribution in [-0.2, 0) is 9.47 Å². The summed E-state index contributed by atoms with van der Waals surface area (Å²) in [6.45, 7) is 3.93. The second-order valence-corrected chi connectivity index (χ2v) is 3.51. The topological polar surface area (TPSA) is 35.5 Å². The van der Waals surface area contributed by atoms with Crippen LogP contribution in [0, 0.1) is 0 Å². The van der Waals surface area contributed by atoms with Gasteiger partial charge in [0.2, 0.25) is 0 Å². The number of ether oxygens (including phenoxy) is 2. The molecule has 3 nitrogen and oxygen atoms in total. The zero-order chi connectivity index (χ0) is 9.14. The van der Waals surface area contributed by atoms with Gasteiger partial charge in [-0.25, -0.2) is 4.79 Å². The average Bonchev–Trinajstić information content (AvgIpc) is 1.81. The van der Waals surface area contributed by atoms with Crippen LogP contribution < -0.4 is 0 Å². The molecule has 0 aromatic rings. The van der Waals surface area contributed by atoms with Crippen molar-refractivity contribution in [3.05, 3.63) is 0 Å². The molecule has 70 valence electrons. The van der Waals surface area contributed by atoms with E-state index in [1.54, 1.807) is 0 Å². The summed E-state index contributed by atoms with van der Waals surface area (Å²) in [4.78, 5) is 10.4. The van der Waals surface area contributed by atoms with E-state index >= 15 is 0 Å². The predicted molar refractivity (Wildman–Crippen MR) is 45.4 cm³/mol. The second-order valence-electron chi connectivity index (χ2n) is 3.21. The number of rotatable bonds is 1. The van der Waals surface area contributed by atoms with E-state index in [4.69, 9.17) is 21.1 Å². The third kappa shape index (κ3) is 2.99. The van der Waals surface area contributed by atoms with Gasteiger partial charge in [-0.15, -0.1) is 0 Å². The van der Waals surface area contributed by atoms with Crippen LogP contribution in [0.3, 0.4) is 0 Å². The van der Waals surface area contributed by atoms with Crippen molar-refractivity contribution in [3.8, 4) is 0 Å². The number of hydrogen-bond donors (Lipinski definition) is 0. The van der Waals surface area contributed by atoms with Crippen molar-refractivity contribution in [1.29, 1.82) is 0 Å². The Morgan fingerprint density at radius 1 is 1.42 bits per heavy atom. The van der Waals surface area contributed by atoms with Gasteiger partial charge in [0.1, 0.15) is 6.10 Å². The molecule has 0 spiro atoms. The quantitative estimate of drug-likeness (QED) is 0.599. The molecule has 0 saturated carbocycles. The molecule has 0 amide bonds. The minimum Gasteiger partial charge on any atom is -0.450 e. The van der Waals surface area contributed by atoms with Crippen molar-refractivity contribution in [2.75, 3.05) is 0 Å². The van der Waals surface area contributed by atoms with E-state index in [0.29, 0.717) is 0 Å². The first-order chi connectivity index (χ1) is 5.58. The first-order valence-corrected chi connectivity index (χ1v) is 4.47. The fourth-order valence-corrected chi connectivity index (χ4v) is 1.70. The Morgan fingerprint density at radius 3 is 2.33 bits per heavy atom. The molecule has 4 heteroatoms. The van der Waals surface area contributed by atoms with E-state index in [1.165, 1.54) is 0 Å². The number of carbonyl (C=O) groups excluding carboxylic acids is 1. The Labute approximate surface area is 77.0 Å². The molecule has 0 aliphatic carbocycles. The van der Waals surface area contributed by atoms with Gasteiger partial charge in [0.25, 0.3) is 0 Å². The molecule has 2 atom stereocenters. The molecule has 1 aliphatic rings. The van der Waals surface area contributed by atoms with Crippen LogP contribution >= 0.6 is 11.6 Å². The fourth-order valence-electron chi connectivity index (χ4n) is 1.57. The molecule has 12 heavy (non-hydrogen) atoms. The Kier molecular flexibility index (Phi) is 3.35. The largest absolute Gasteiger partial charge is 0.450 e. The summed E-state index contributed by atoms with van der Waals surface area (Å²) in [5.74, 6) is 0. The normalized spacial score (nSPS) is 36.1. The Hall–Kier alpha value is -0.280. The van der Waals surface area contributed by atoms with Gasteiger partial charge in [0, 0.05) is 24.4 Å². The van der Waals surface area contributed by atoms with Crippen LogP contribution in [0.1, 0.15) is 26.7 Å². The maximum Gasteiger partial charge on any atom is 0.404 e. The van der Waals surface area contributed by atoms with Gasteiger partial charge in [0.15, 0.2) is 0 Å². The maximum atomic E-state index is 10.4. The summed E-state index contributed by atoms with van der Waals surface area (Å²) in [6, 6.07) is 0. The van der Waals surface area contributed by atoms with E-state index < -0.39 is 5.43 Å². The van der Waals surface area contributed by atoms with Crippen molar-refractivity contribution in [1.82, 2.24) is 0 Å². The summed E-state index contributed by atoms with van der Waals surface area (Å²) >= 11 is 5.10. The van der Waals surface area contributed by atoms with E-state index in [9.17, 15) is 4.79 Å². The van der Waals surface area contributed by atoms with Gasteiger partial charge in [-0.1, -0.05) is 0 Å². The summed E-state index contributed by atoms with van der Waals surface area (Å²) in [5, 5.41) is 0. The summed E-state index contributed by atoms with van der Waals surface area (Å²) in [5.41, 5.74) is -0.721. The molecule has 1 heterocycles. The Morgan fingerprint density at radius 2 is 1.92 bits per heavy atom. The number of carbonyl (C=O) groups is 1. The van der Waals surface area contributed by atoms with Crippen LogP contribution in [0.2, 0.25) is 0 Å². The monoisotopic (exact) mass is 192 g/mol. The lowest BCUT2D eigenvalue weighted by molar-refractivity contribution is -0.0788. The highest BCUT2D eigenvalue weighted by Crippen LogP contribution is 2.22. The standard InChI is InChI=1S/C8H13ClO3/c1-5-3-7(12-8(9)10)4-6(2)11-5/h5-7H,3-4H2,1-2H3. The zero-order valence-electron chi connectivity index (χ0n) is 7.25. The molecular weight excluding hydrogens is 180 g/mol. The second kappa shape index (κ2) is 4.10. The minimum absolute atomic E-state index is 0.0752. The highest BCUT2D eigenvalue weighted by molar-refractivity contribution is 6.61. The highest BCUT2D eigenvalue weighted by Gasteiger charge is 2.26. The molecule has 1 rings (SSSR count). The average molecular weight is 193 g/mol. The summed E-state index contributed by atoms with van der Waals surface area (Å²) in [7, 11) is 0. The van der Waals surface area contributed by atoms with Crippen molar-refractivity contribution in [2.24, 2.45) is 0 Å². The fraction of sp³-hybridized carbons (Fsp3) is 0.875. The first-order valence-electron chi connectivity index (χ1n) is 4.09. The van der Waals surface area contributed by atoms with Crippen molar-refractivity contribution >= 4 is 17.0 Å². The third-order valence-corrected chi connectivity index (χ3v) is 2.00. The van der Waals surface area contributed by atoms with Crippen molar-refractivity contribution < 1.29 is 14.3 Å². The zero-order valence-corrected chi connectivity index (χ0v) is 8.00. The SMILES string of the molecule is CC1CC(OC(=O)Cl)CC(C)O1. The lowest BCUT2D eigenvalue weighted by Crippen LogP contribution is -2.34. The van der Waals surface area contributed by atoms with E-state index in [-0.39, 0.29) is 18.3 Å². The van der Waals surface area contributed by atoms with Gasteiger partial charge in [0.05, 0.1) is 12.2 Å². The molecule has 0 bridgehead atoms. The Bertz CT molecular complexity index is 162. The van der Waals surface area contributed by atoms with Crippen LogP contribution in [0.15, 0.2) is 0 Å². The molecule has 0 radical (unpaired) electrons. The highest BCUT2D eigenvalue weighted by atomic mass is 35.5. The Balaban J connectivity index is 2.38. The summed E-state index contributed by atoms with van der Waals surface area (Å²) in [6.07, 6.45) is 1.70. The number of halogens is 1. The molecule has 0 aromatic heterocycles. The van der Waals surface area contributed by atoms with Crippen molar-refractivity contribution in [3.63, 3.8) is 0 Å². The van der Waals surface area contributed by atoms with E-state index in [0.717, 1.165) is 12.8 Å². The number of hydrogen-bond acceptors (Lipinski definition) is 3. The molecule has 1 fully saturated rings. The van der Waals surface area contributed by atoms with Gasteiger partial charge < -0.3 is 9.47 Å². The smallest absolute Gasteiger partial charge is 0.404 e. The molecule has 0 aromatic carbocycles. The van der Waals surface area contributed by atoms with Crippen LogP contribution in [0.5, 0.6) is 0 Å². The van der Waals surface area contributed by atoms with Gasteiger partial charge in [-0.2, -0.15) is 0 Å². The van der Waals surface area contributed by atoms with Gasteiger partial charge >= 0.3 is 5.43 Å². The van der Waals surface area contributed by atoms with E-state index in [2.05, 4.69) is 0 Å². The van der Waals surface area contributed by atoms with Gasteiger partial charge in [-0.3, -0.25) is 0 Å². The van der Waals surface area contributed by atoms with Crippen LogP contribution in [-0.4, -0.2) is 23.7 Å². The molecular formula is C8H13ClO3. The summed E-state index contributed by atoms with van der Waals surface area (Å²) < 4.78 is 10.3. The van der Waals surface area contributed by atoms with E-state index in [1.807, 2.05) is 13.8 Å². The predicted octanol–water partition coefficient (Wildman–Crippen LogP) is 2.32. The lowest BCUT2D eigenvalue weighted by Gasteiger charge is -2.30. The lowest BCUT2D eigenvalue weighted by atomic mass is 10.0. The molecule has 2 unspecified atom stereocenters.